The Kier molecular flexibility index (Phi) is 9.93. The first-order chi connectivity index (χ1) is 19.6. The first kappa shape index (κ1) is 30.4. The number of amides is 2. The molecule has 0 aromatic heterocycles. The molecule has 1 atom stereocenters. The Labute approximate surface area is 249 Å². The van der Waals surface area contributed by atoms with Crippen molar-refractivity contribution in [1.82, 2.24) is 10.2 Å². The minimum Gasteiger partial charge on any atom is -0.454 e. The van der Waals surface area contributed by atoms with Crippen LogP contribution in [0.4, 0.5) is 5.69 Å². The highest BCUT2D eigenvalue weighted by Gasteiger charge is 2.34. The van der Waals surface area contributed by atoms with Crippen molar-refractivity contribution in [2.24, 2.45) is 0 Å². The van der Waals surface area contributed by atoms with Crippen molar-refractivity contribution in [2.45, 2.75) is 45.8 Å². The molecule has 11 heteroatoms. The molecule has 0 saturated heterocycles. The molecule has 3 aromatic carbocycles. The van der Waals surface area contributed by atoms with Gasteiger partial charge >= 0.3 is 0 Å². The molecule has 0 radical (unpaired) electrons. The number of benzene rings is 3. The average Bonchev–Trinajstić information content (AvgIpc) is 3.42. The molecule has 0 aliphatic carbocycles. The summed E-state index contributed by atoms with van der Waals surface area (Å²) in [7, 11) is -3.88. The summed E-state index contributed by atoms with van der Waals surface area (Å²) in [5, 5.41) is 2.95. The Morgan fingerprint density at radius 2 is 1.63 bits per heavy atom. The maximum Gasteiger partial charge on any atom is 0.244 e. The quantitative estimate of drug-likeness (QED) is 0.312. The van der Waals surface area contributed by atoms with E-state index >= 15 is 0 Å². The predicted molar refractivity (Wildman–Crippen MR) is 161 cm³/mol. The molecule has 4 rings (SSSR count). The number of anilines is 1. The van der Waals surface area contributed by atoms with E-state index in [2.05, 4.69) is 21.2 Å². The van der Waals surface area contributed by atoms with E-state index in [9.17, 15) is 18.0 Å². The Hall–Kier alpha value is -3.57. The van der Waals surface area contributed by atoms with Crippen molar-refractivity contribution >= 4 is 43.5 Å². The van der Waals surface area contributed by atoms with Crippen LogP contribution in [0.5, 0.6) is 11.5 Å². The third kappa shape index (κ3) is 7.80. The first-order valence-corrected chi connectivity index (χ1v) is 15.8. The Morgan fingerprint density at radius 3 is 2.29 bits per heavy atom. The van der Waals surface area contributed by atoms with Gasteiger partial charge in [0.15, 0.2) is 11.5 Å². The topological polar surface area (TPSA) is 105 Å². The van der Waals surface area contributed by atoms with E-state index < -0.39 is 28.5 Å². The van der Waals surface area contributed by atoms with E-state index in [0.29, 0.717) is 11.5 Å². The SMILES string of the molecule is CCS(=O)(=O)N(CC(=O)N(Cc1ccc(Br)cc1)C(Cc1ccccc1)C(=O)NC(C)C)c1ccc2c(c1)OCO2. The summed E-state index contributed by atoms with van der Waals surface area (Å²) in [4.78, 5) is 29.3. The van der Waals surface area contributed by atoms with Gasteiger partial charge in [-0.2, -0.15) is 0 Å². The Bertz CT molecular complexity index is 1470. The van der Waals surface area contributed by atoms with Crippen LogP contribution in [0.25, 0.3) is 0 Å². The van der Waals surface area contributed by atoms with Gasteiger partial charge in [0, 0.05) is 29.5 Å². The van der Waals surface area contributed by atoms with Gasteiger partial charge in [-0.1, -0.05) is 58.4 Å². The number of sulfonamides is 1. The number of nitrogens with one attached hydrogen (secondary N) is 1. The number of ether oxygens (including phenoxy) is 2. The third-order valence-corrected chi connectivity index (χ3v) is 8.86. The van der Waals surface area contributed by atoms with E-state index in [4.69, 9.17) is 9.47 Å². The highest BCUT2D eigenvalue weighted by molar-refractivity contribution is 9.10. The summed E-state index contributed by atoms with van der Waals surface area (Å²) in [6, 6.07) is 20.6. The second kappa shape index (κ2) is 13.4. The van der Waals surface area contributed by atoms with Crippen molar-refractivity contribution in [1.29, 1.82) is 0 Å². The number of nitrogens with zero attached hydrogens (tertiary/aromatic N) is 2. The monoisotopic (exact) mass is 643 g/mol. The molecule has 9 nitrogen and oxygen atoms in total. The number of hydrogen-bond donors (Lipinski definition) is 1. The van der Waals surface area contributed by atoms with Crippen LogP contribution < -0.4 is 19.1 Å². The molecule has 218 valence electrons. The molecular formula is C30H34BrN3O6S. The average molecular weight is 645 g/mol. The minimum atomic E-state index is -3.88. The molecular weight excluding hydrogens is 610 g/mol. The zero-order chi connectivity index (χ0) is 29.6. The van der Waals surface area contributed by atoms with Gasteiger partial charge in [0.25, 0.3) is 0 Å². The van der Waals surface area contributed by atoms with E-state index in [1.165, 1.54) is 11.8 Å². The van der Waals surface area contributed by atoms with Gasteiger partial charge in [0.2, 0.25) is 28.6 Å². The van der Waals surface area contributed by atoms with Crippen LogP contribution in [0.15, 0.2) is 77.3 Å². The summed E-state index contributed by atoms with van der Waals surface area (Å²) >= 11 is 3.44. The number of rotatable bonds is 12. The summed E-state index contributed by atoms with van der Waals surface area (Å²) in [5.41, 5.74) is 1.95. The summed E-state index contributed by atoms with van der Waals surface area (Å²) < 4.78 is 39.4. The fourth-order valence-corrected chi connectivity index (χ4v) is 5.80. The molecule has 1 unspecified atom stereocenters. The molecule has 3 aromatic rings. The first-order valence-electron chi connectivity index (χ1n) is 13.4. The molecule has 0 saturated carbocycles. The van der Waals surface area contributed by atoms with Gasteiger partial charge in [-0.3, -0.25) is 13.9 Å². The van der Waals surface area contributed by atoms with Crippen molar-refractivity contribution in [2.75, 3.05) is 23.4 Å². The van der Waals surface area contributed by atoms with Gasteiger partial charge in [-0.05, 0) is 56.2 Å². The number of hydrogen-bond acceptors (Lipinski definition) is 6. The van der Waals surface area contributed by atoms with Gasteiger partial charge in [-0.15, -0.1) is 0 Å². The summed E-state index contributed by atoms with van der Waals surface area (Å²) in [6.45, 7) is 4.88. The Balaban J connectivity index is 1.74. The lowest BCUT2D eigenvalue weighted by Gasteiger charge is -2.34. The Morgan fingerprint density at radius 1 is 0.951 bits per heavy atom. The number of fused-ring (bicyclic) bond motifs is 1. The van der Waals surface area contributed by atoms with Gasteiger partial charge in [0.1, 0.15) is 12.6 Å². The van der Waals surface area contributed by atoms with Crippen molar-refractivity contribution in [3.8, 4) is 11.5 Å². The van der Waals surface area contributed by atoms with E-state index in [1.54, 1.807) is 18.2 Å². The van der Waals surface area contributed by atoms with E-state index in [1.807, 2.05) is 68.4 Å². The molecule has 2 amide bonds. The van der Waals surface area contributed by atoms with Crippen LogP contribution in [0, 0.1) is 0 Å². The third-order valence-electron chi connectivity index (χ3n) is 6.59. The fraction of sp³-hybridized carbons (Fsp3) is 0.333. The molecule has 1 heterocycles. The summed E-state index contributed by atoms with van der Waals surface area (Å²) in [5.74, 6) is -0.150. The maximum atomic E-state index is 14.2. The molecule has 0 fully saturated rings. The number of carbonyl (C=O) groups excluding carboxylic acids is 2. The molecule has 1 aliphatic heterocycles. The zero-order valence-corrected chi connectivity index (χ0v) is 25.7. The van der Waals surface area contributed by atoms with Crippen molar-refractivity contribution < 1.29 is 27.5 Å². The lowest BCUT2D eigenvalue weighted by molar-refractivity contribution is -0.140. The number of carbonyl (C=O) groups is 2. The van der Waals surface area contributed by atoms with E-state index in [-0.39, 0.29) is 43.1 Å². The summed E-state index contributed by atoms with van der Waals surface area (Å²) in [6.07, 6.45) is 0.256. The highest BCUT2D eigenvalue weighted by Crippen LogP contribution is 2.36. The smallest absolute Gasteiger partial charge is 0.244 e. The molecule has 0 bridgehead atoms. The van der Waals surface area contributed by atoms with E-state index in [0.717, 1.165) is 19.9 Å². The van der Waals surface area contributed by atoms with Crippen LogP contribution in [0.3, 0.4) is 0 Å². The second-order valence-electron chi connectivity index (χ2n) is 9.96. The van der Waals surface area contributed by atoms with Crippen LogP contribution in [-0.4, -0.2) is 56.3 Å². The van der Waals surface area contributed by atoms with Crippen LogP contribution in [0.2, 0.25) is 0 Å². The predicted octanol–water partition coefficient (Wildman–Crippen LogP) is 4.50. The van der Waals surface area contributed by atoms with Crippen molar-refractivity contribution in [3.05, 3.63) is 88.4 Å². The molecule has 1 aliphatic rings. The lowest BCUT2D eigenvalue weighted by atomic mass is 10.0. The molecule has 41 heavy (non-hydrogen) atoms. The normalized spacial score (nSPS) is 13.1. The van der Waals surface area contributed by atoms with Gasteiger partial charge in [-0.25, -0.2) is 8.42 Å². The number of halogens is 1. The van der Waals surface area contributed by atoms with Crippen LogP contribution in [-0.2, 0) is 32.6 Å². The maximum absolute atomic E-state index is 14.2. The minimum absolute atomic E-state index is 0.0331. The second-order valence-corrected chi connectivity index (χ2v) is 13.1. The standard InChI is InChI=1S/C30H34BrN3O6S/c1-4-41(37,38)34(25-14-15-27-28(17-25)40-20-39-27)19-29(35)33(18-23-10-12-24(31)13-11-23)26(30(36)32-21(2)3)16-22-8-6-5-7-9-22/h5-15,17,21,26H,4,16,18-20H2,1-3H3,(H,32,36). The largest absolute Gasteiger partial charge is 0.454 e. The highest BCUT2D eigenvalue weighted by atomic mass is 79.9. The fourth-order valence-electron chi connectivity index (χ4n) is 4.48. The van der Waals surface area contributed by atoms with Gasteiger partial charge < -0.3 is 19.7 Å². The molecule has 1 N–H and O–H groups in total. The van der Waals surface area contributed by atoms with Crippen LogP contribution >= 0.6 is 15.9 Å². The lowest BCUT2D eigenvalue weighted by Crippen LogP contribution is -2.54. The van der Waals surface area contributed by atoms with Crippen molar-refractivity contribution in [3.63, 3.8) is 0 Å². The van der Waals surface area contributed by atoms with Gasteiger partial charge in [0.05, 0.1) is 11.4 Å². The zero-order valence-electron chi connectivity index (χ0n) is 23.2. The van der Waals surface area contributed by atoms with Crippen LogP contribution in [0.1, 0.15) is 31.9 Å². The molecule has 0 spiro atoms.